The number of hydrogen-bond acceptors (Lipinski definition) is 4. The molecule has 3 heterocycles. The van der Waals surface area contributed by atoms with Crippen molar-refractivity contribution >= 4 is 28.3 Å². The van der Waals surface area contributed by atoms with Gasteiger partial charge in [0.1, 0.15) is 5.82 Å². The maximum absolute atomic E-state index is 13.6. The monoisotopic (exact) mass is 350 g/mol. The van der Waals surface area contributed by atoms with Gasteiger partial charge in [0.15, 0.2) is 5.65 Å². The van der Waals surface area contributed by atoms with Crippen LogP contribution >= 0.6 is 0 Å². The minimum atomic E-state index is -0.338. The number of halogens is 1. The van der Waals surface area contributed by atoms with E-state index in [1.807, 2.05) is 24.0 Å². The highest BCUT2D eigenvalue weighted by Crippen LogP contribution is 2.30. The molecule has 4 rings (SSSR count). The Kier molecular flexibility index (Phi) is 4.24. The number of hydrogen-bond donors (Lipinski definition) is 1. The maximum Gasteiger partial charge on any atom is 0.257 e. The fraction of sp³-hybridized carbons (Fsp3) is 0.250. The average Bonchev–Trinajstić information content (AvgIpc) is 3.16. The molecule has 0 radical (unpaired) electrons. The Balaban J connectivity index is 1.84. The molecule has 3 aromatic rings. The molecule has 6 heteroatoms. The highest BCUT2D eigenvalue weighted by molar-refractivity contribution is 6.07. The minimum Gasteiger partial charge on any atom is -0.354 e. The number of aryl methyl sites for hydroxylation is 1. The number of carbonyl (C=O) groups excluding carboxylic acids is 1. The normalized spacial score (nSPS) is 14.0. The molecule has 2 aromatic heterocycles. The number of rotatable bonds is 3. The van der Waals surface area contributed by atoms with E-state index in [1.165, 1.54) is 12.1 Å². The van der Waals surface area contributed by atoms with Gasteiger partial charge in [-0.2, -0.15) is 0 Å². The van der Waals surface area contributed by atoms with Gasteiger partial charge in [0, 0.05) is 36.1 Å². The number of likely N-dealkylation sites (tertiary alicyclic amines) is 1. The van der Waals surface area contributed by atoms with Crippen molar-refractivity contribution in [2.45, 2.75) is 19.8 Å². The number of nitrogens with zero attached hydrogens (tertiary/aromatic N) is 3. The molecule has 1 fully saturated rings. The van der Waals surface area contributed by atoms with Crippen LogP contribution in [0.5, 0.6) is 0 Å². The Labute approximate surface area is 150 Å². The first-order valence-corrected chi connectivity index (χ1v) is 8.70. The third-order valence-electron chi connectivity index (χ3n) is 4.59. The largest absolute Gasteiger partial charge is 0.354 e. The van der Waals surface area contributed by atoms with Gasteiger partial charge < -0.3 is 10.2 Å². The van der Waals surface area contributed by atoms with Crippen molar-refractivity contribution in [2.24, 2.45) is 0 Å². The summed E-state index contributed by atoms with van der Waals surface area (Å²) >= 11 is 0. The summed E-state index contributed by atoms with van der Waals surface area (Å²) in [7, 11) is 0. The van der Waals surface area contributed by atoms with Gasteiger partial charge in [-0.3, -0.25) is 4.79 Å². The van der Waals surface area contributed by atoms with E-state index >= 15 is 0 Å². The Bertz CT molecular complexity index is 983. The Hall–Kier alpha value is -3.02. The number of aromatic nitrogens is 2. The van der Waals surface area contributed by atoms with Crippen molar-refractivity contribution in [3.05, 3.63) is 59.7 Å². The SMILES string of the molecule is Cc1ccc2c(Nc3cccc(F)c3)c(C(=O)N3CCCC3)cnc2n1. The van der Waals surface area contributed by atoms with Gasteiger partial charge in [0.25, 0.3) is 5.91 Å². The van der Waals surface area contributed by atoms with Crippen LogP contribution in [0.4, 0.5) is 15.8 Å². The van der Waals surface area contributed by atoms with E-state index in [0.717, 1.165) is 37.0 Å². The van der Waals surface area contributed by atoms with Crippen LogP contribution in [0.15, 0.2) is 42.6 Å². The lowest BCUT2D eigenvalue weighted by Crippen LogP contribution is -2.28. The van der Waals surface area contributed by atoms with Crippen molar-refractivity contribution in [2.75, 3.05) is 18.4 Å². The van der Waals surface area contributed by atoms with Gasteiger partial charge in [0.2, 0.25) is 0 Å². The van der Waals surface area contributed by atoms with Crippen LogP contribution in [-0.4, -0.2) is 33.9 Å². The molecule has 0 bridgehead atoms. The van der Waals surface area contributed by atoms with E-state index < -0.39 is 0 Å². The van der Waals surface area contributed by atoms with Crippen LogP contribution in [0.2, 0.25) is 0 Å². The first kappa shape index (κ1) is 16.4. The van der Waals surface area contributed by atoms with E-state index in [4.69, 9.17) is 0 Å². The molecule has 0 atom stereocenters. The Morgan fingerprint density at radius 2 is 2.00 bits per heavy atom. The summed E-state index contributed by atoms with van der Waals surface area (Å²) in [6.07, 6.45) is 3.59. The number of amides is 1. The van der Waals surface area contributed by atoms with Gasteiger partial charge in [0.05, 0.1) is 11.3 Å². The van der Waals surface area contributed by atoms with Gasteiger partial charge in [-0.05, 0) is 50.1 Å². The number of benzene rings is 1. The van der Waals surface area contributed by atoms with Crippen LogP contribution in [-0.2, 0) is 0 Å². The van der Waals surface area contributed by atoms with E-state index in [9.17, 15) is 9.18 Å². The molecular formula is C20H19FN4O. The first-order chi connectivity index (χ1) is 12.6. The fourth-order valence-corrected chi connectivity index (χ4v) is 3.27. The van der Waals surface area contributed by atoms with Gasteiger partial charge in [-0.1, -0.05) is 6.07 Å². The van der Waals surface area contributed by atoms with Gasteiger partial charge in [-0.15, -0.1) is 0 Å². The van der Waals surface area contributed by atoms with Crippen LogP contribution in [0, 0.1) is 12.7 Å². The number of nitrogens with one attached hydrogen (secondary N) is 1. The summed E-state index contributed by atoms with van der Waals surface area (Å²) in [6.45, 7) is 3.40. The number of pyridine rings is 2. The van der Waals surface area contributed by atoms with Crippen molar-refractivity contribution in [1.82, 2.24) is 14.9 Å². The smallest absolute Gasteiger partial charge is 0.257 e. The van der Waals surface area contributed by atoms with Crippen LogP contribution in [0.3, 0.4) is 0 Å². The molecule has 1 saturated heterocycles. The second-order valence-electron chi connectivity index (χ2n) is 6.51. The number of fused-ring (bicyclic) bond motifs is 1. The molecule has 132 valence electrons. The van der Waals surface area contributed by atoms with E-state index in [-0.39, 0.29) is 11.7 Å². The molecule has 0 spiro atoms. The molecular weight excluding hydrogens is 331 g/mol. The van der Waals surface area contributed by atoms with Gasteiger partial charge >= 0.3 is 0 Å². The molecule has 5 nitrogen and oxygen atoms in total. The maximum atomic E-state index is 13.6. The first-order valence-electron chi connectivity index (χ1n) is 8.70. The zero-order chi connectivity index (χ0) is 18.1. The molecule has 0 saturated carbocycles. The quantitative estimate of drug-likeness (QED) is 0.774. The predicted molar refractivity (Wildman–Crippen MR) is 99.1 cm³/mol. The molecule has 1 N–H and O–H groups in total. The van der Waals surface area contributed by atoms with Gasteiger partial charge in [-0.25, -0.2) is 14.4 Å². The molecule has 1 amide bonds. The second-order valence-corrected chi connectivity index (χ2v) is 6.51. The lowest BCUT2D eigenvalue weighted by Gasteiger charge is -2.19. The summed E-state index contributed by atoms with van der Waals surface area (Å²) in [5, 5.41) is 3.95. The van der Waals surface area contributed by atoms with E-state index in [2.05, 4.69) is 15.3 Å². The standard InChI is InChI=1S/C20H19FN4O/c1-13-7-8-16-18(24-15-6-4-5-14(21)11-15)17(12-22-19(16)23-13)20(26)25-9-2-3-10-25/h4-8,11-12H,2-3,9-10H2,1H3,(H,22,23,24). The Morgan fingerprint density at radius 1 is 1.19 bits per heavy atom. The lowest BCUT2D eigenvalue weighted by atomic mass is 10.1. The van der Waals surface area contributed by atoms with Crippen molar-refractivity contribution < 1.29 is 9.18 Å². The zero-order valence-corrected chi connectivity index (χ0v) is 14.5. The summed E-state index contributed by atoms with van der Waals surface area (Å²) < 4.78 is 13.6. The third kappa shape index (κ3) is 3.10. The second kappa shape index (κ2) is 6.71. The summed E-state index contributed by atoms with van der Waals surface area (Å²) in [6, 6.07) is 9.96. The average molecular weight is 350 g/mol. The van der Waals surface area contributed by atoms with Crippen LogP contribution in [0.1, 0.15) is 28.9 Å². The highest BCUT2D eigenvalue weighted by Gasteiger charge is 2.24. The van der Waals surface area contributed by atoms with E-state index in [1.54, 1.807) is 18.3 Å². The van der Waals surface area contributed by atoms with Crippen LogP contribution in [0.25, 0.3) is 11.0 Å². The molecule has 1 aliphatic rings. The molecule has 0 aliphatic carbocycles. The molecule has 1 aromatic carbocycles. The lowest BCUT2D eigenvalue weighted by molar-refractivity contribution is 0.0793. The summed E-state index contributed by atoms with van der Waals surface area (Å²) in [5.41, 5.74) is 3.08. The van der Waals surface area contributed by atoms with E-state index in [0.29, 0.717) is 22.6 Å². The molecule has 26 heavy (non-hydrogen) atoms. The van der Waals surface area contributed by atoms with Crippen molar-refractivity contribution in [3.63, 3.8) is 0 Å². The van der Waals surface area contributed by atoms with Crippen molar-refractivity contribution in [3.8, 4) is 0 Å². The number of carbonyl (C=O) groups is 1. The van der Waals surface area contributed by atoms with Crippen LogP contribution < -0.4 is 5.32 Å². The topological polar surface area (TPSA) is 58.1 Å². The third-order valence-corrected chi connectivity index (χ3v) is 4.59. The zero-order valence-electron chi connectivity index (χ0n) is 14.5. The molecule has 0 unspecified atom stereocenters. The minimum absolute atomic E-state index is 0.0589. The predicted octanol–water partition coefficient (Wildman–Crippen LogP) is 4.06. The van der Waals surface area contributed by atoms with Crippen molar-refractivity contribution in [1.29, 1.82) is 0 Å². The summed E-state index contributed by atoms with van der Waals surface area (Å²) in [5.74, 6) is -0.397. The highest BCUT2D eigenvalue weighted by atomic mass is 19.1. The fourth-order valence-electron chi connectivity index (χ4n) is 3.27. The summed E-state index contributed by atoms with van der Waals surface area (Å²) in [4.78, 5) is 23.6. The number of anilines is 2. The Morgan fingerprint density at radius 3 is 2.77 bits per heavy atom. The molecule has 1 aliphatic heterocycles.